The van der Waals surface area contributed by atoms with Crippen molar-refractivity contribution in [1.29, 1.82) is 0 Å². The van der Waals surface area contributed by atoms with Crippen molar-refractivity contribution in [3.8, 4) is 5.75 Å². The van der Waals surface area contributed by atoms with Gasteiger partial charge in [-0.05, 0) is 54.4 Å². The van der Waals surface area contributed by atoms with Crippen LogP contribution in [0.15, 0.2) is 72.8 Å². The van der Waals surface area contributed by atoms with Gasteiger partial charge in [0.25, 0.3) is 5.91 Å². The quantitative estimate of drug-likeness (QED) is 0.533. The molecular weight excluding hydrogens is 398 g/mol. The third-order valence-electron chi connectivity index (χ3n) is 5.57. The molecule has 1 aliphatic rings. The number of carbonyl (C=O) groups excluding carboxylic acids is 2. The van der Waals surface area contributed by atoms with Gasteiger partial charge in [0.15, 0.2) is 5.78 Å². The van der Waals surface area contributed by atoms with Gasteiger partial charge in [0.1, 0.15) is 5.75 Å². The topological polar surface area (TPSA) is 46.6 Å². The average Bonchev–Trinajstić information content (AvgIpc) is 3.29. The Morgan fingerprint density at radius 3 is 2.27 bits per heavy atom. The summed E-state index contributed by atoms with van der Waals surface area (Å²) < 4.78 is 5.22. The van der Waals surface area contributed by atoms with Gasteiger partial charge < -0.3 is 9.64 Å². The van der Waals surface area contributed by atoms with E-state index >= 15 is 0 Å². The van der Waals surface area contributed by atoms with Crippen molar-refractivity contribution in [2.75, 3.05) is 20.2 Å². The van der Waals surface area contributed by atoms with Crippen molar-refractivity contribution in [2.45, 2.75) is 12.3 Å². The van der Waals surface area contributed by atoms with Crippen LogP contribution in [0.25, 0.3) is 0 Å². The average molecular weight is 420 g/mol. The maximum absolute atomic E-state index is 13.3. The molecule has 3 aromatic rings. The smallest absolute Gasteiger partial charge is 0.254 e. The van der Waals surface area contributed by atoms with Crippen molar-refractivity contribution in [1.82, 2.24) is 4.90 Å². The second-order valence-corrected chi connectivity index (χ2v) is 7.83. The lowest BCUT2D eigenvalue weighted by atomic mass is 9.97. The predicted octanol–water partition coefficient (Wildman–Crippen LogP) is 5.21. The van der Waals surface area contributed by atoms with Gasteiger partial charge in [-0.1, -0.05) is 41.9 Å². The van der Waals surface area contributed by atoms with E-state index in [4.69, 9.17) is 16.3 Å². The molecule has 0 aromatic heterocycles. The summed E-state index contributed by atoms with van der Waals surface area (Å²) in [6.07, 6.45) is 0.894. The summed E-state index contributed by atoms with van der Waals surface area (Å²) in [4.78, 5) is 28.1. The minimum Gasteiger partial charge on any atom is -0.497 e. The zero-order valence-corrected chi connectivity index (χ0v) is 17.4. The van der Waals surface area contributed by atoms with E-state index in [1.807, 2.05) is 17.0 Å². The molecule has 1 heterocycles. The Labute approximate surface area is 181 Å². The van der Waals surface area contributed by atoms with Gasteiger partial charge in [-0.15, -0.1) is 0 Å². The van der Waals surface area contributed by atoms with Crippen LogP contribution in [0.2, 0.25) is 5.02 Å². The molecule has 4 nitrogen and oxygen atoms in total. The lowest BCUT2D eigenvalue weighted by Crippen LogP contribution is -2.30. The second kappa shape index (κ2) is 8.72. The Hall–Kier alpha value is -3.11. The molecule has 0 spiro atoms. The number of methoxy groups -OCH3 is 1. The van der Waals surface area contributed by atoms with Crippen LogP contribution in [0, 0.1) is 0 Å². The molecule has 1 saturated heterocycles. The Bertz CT molecular complexity index is 1060. The molecule has 30 heavy (non-hydrogen) atoms. The Morgan fingerprint density at radius 1 is 0.933 bits per heavy atom. The first-order chi connectivity index (χ1) is 14.6. The first-order valence-electron chi connectivity index (χ1n) is 9.89. The van der Waals surface area contributed by atoms with Gasteiger partial charge in [0.2, 0.25) is 0 Å². The van der Waals surface area contributed by atoms with Gasteiger partial charge in [-0.25, -0.2) is 0 Å². The summed E-state index contributed by atoms with van der Waals surface area (Å²) in [7, 11) is 1.65. The normalized spacial score (nSPS) is 15.8. The van der Waals surface area contributed by atoms with Crippen LogP contribution in [-0.4, -0.2) is 36.8 Å². The second-order valence-electron chi connectivity index (χ2n) is 7.39. The first kappa shape index (κ1) is 20.2. The molecule has 152 valence electrons. The molecule has 4 rings (SSSR count). The van der Waals surface area contributed by atoms with Gasteiger partial charge in [0.05, 0.1) is 12.7 Å². The first-order valence-corrected chi connectivity index (χ1v) is 10.3. The standard InChI is InChI=1S/C25H22ClNO3/c1-30-21-12-8-17(9-13-21)19-14-15-27(16-19)25(29)23-5-3-2-4-22(23)24(28)18-6-10-20(26)11-7-18/h2-13,19H,14-16H2,1H3. The Kier molecular flexibility index (Phi) is 5.86. The van der Waals surface area contributed by atoms with Gasteiger partial charge >= 0.3 is 0 Å². The molecular formula is C25H22ClNO3. The van der Waals surface area contributed by atoms with Crippen molar-refractivity contribution >= 4 is 23.3 Å². The summed E-state index contributed by atoms with van der Waals surface area (Å²) in [5, 5.41) is 0.567. The van der Waals surface area contributed by atoms with E-state index in [-0.39, 0.29) is 17.6 Å². The minimum absolute atomic E-state index is 0.107. The van der Waals surface area contributed by atoms with E-state index in [2.05, 4.69) is 12.1 Å². The van der Waals surface area contributed by atoms with Crippen LogP contribution in [0.5, 0.6) is 5.75 Å². The van der Waals surface area contributed by atoms with Crippen molar-refractivity contribution < 1.29 is 14.3 Å². The van der Waals surface area contributed by atoms with E-state index in [1.165, 1.54) is 5.56 Å². The summed E-state index contributed by atoms with van der Waals surface area (Å²) in [6.45, 7) is 1.30. The molecule has 1 amide bonds. The molecule has 1 aliphatic heterocycles. The summed E-state index contributed by atoms with van der Waals surface area (Å²) >= 11 is 5.93. The number of nitrogens with zero attached hydrogens (tertiary/aromatic N) is 1. The number of halogens is 1. The van der Waals surface area contributed by atoms with Crippen LogP contribution in [0.3, 0.4) is 0 Å². The molecule has 1 atom stereocenters. The minimum atomic E-state index is -0.179. The maximum atomic E-state index is 13.3. The zero-order chi connectivity index (χ0) is 21.1. The fraction of sp³-hybridized carbons (Fsp3) is 0.200. The lowest BCUT2D eigenvalue weighted by Gasteiger charge is -2.18. The Balaban J connectivity index is 1.54. The fourth-order valence-electron chi connectivity index (χ4n) is 3.89. The van der Waals surface area contributed by atoms with Crippen molar-refractivity contribution in [3.05, 3.63) is 100 Å². The summed E-state index contributed by atoms with van der Waals surface area (Å²) in [6, 6.07) is 21.7. The SMILES string of the molecule is COc1ccc(C2CCN(C(=O)c3ccccc3C(=O)c3ccc(Cl)cc3)C2)cc1. The molecule has 0 saturated carbocycles. The zero-order valence-electron chi connectivity index (χ0n) is 16.7. The number of rotatable bonds is 5. The monoisotopic (exact) mass is 419 g/mol. The van der Waals surface area contributed by atoms with E-state index in [9.17, 15) is 9.59 Å². The lowest BCUT2D eigenvalue weighted by molar-refractivity contribution is 0.0786. The van der Waals surface area contributed by atoms with Crippen molar-refractivity contribution in [2.24, 2.45) is 0 Å². The Morgan fingerprint density at radius 2 is 1.60 bits per heavy atom. The maximum Gasteiger partial charge on any atom is 0.254 e. The molecule has 1 unspecified atom stereocenters. The van der Waals surface area contributed by atoms with Crippen LogP contribution < -0.4 is 4.74 Å². The number of ketones is 1. The number of hydrogen-bond acceptors (Lipinski definition) is 3. The highest BCUT2D eigenvalue weighted by Crippen LogP contribution is 2.30. The highest BCUT2D eigenvalue weighted by atomic mass is 35.5. The molecule has 1 fully saturated rings. The van der Waals surface area contributed by atoms with E-state index < -0.39 is 0 Å². The molecule has 0 N–H and O–H groups in total. The van der Waals surface area contributed by atoms with Crippen LogP contribution in [0.4, 0.5) is 0 Å². The van der Waals surface area contributed by atoms with E-state index in [0.29, 0.717) is 34.8 Å². The number of hydrogen-bond donors (Lipinski definition) is 0. The van der Waals surface area contributed by atoms with E-state index in [0.717, 1.165) is 12.2 Å². The highest BCUT2D eigenvalue weighted by Gasteiger charge is 2.30. The largest absolute Gasteiger partial charge is 0.497 e. The van der Waals surface area contributed by atoms with E-state index in [1.54, 1.807) is 55.6 Å². The predicted molar refractivity (Wildman–Crippen MR) is 118 cm³/mol. The number of benzene rings is 3. The van der Waals surface area contributed by atoms with Gasteiger partial charge in [0, 0.05) is 35.2 Å². The molecule has 0 radical (unpaired) electrons. The summed E-state index contributed by atoms with van der Waals surface area (Å²) in [5.41, 5.74) is 2.55. The van der Waals surface area contributed by atoms with Crippen LogP contribution in [-0.2, 0) is 0 Å². The number of amides is 1. The number of likely N-dealkylation sites (tertiary alicyclic amines) is 1. The third-order valence-corrected chi connectivity index (χ3v) is 5.82. The fourth-order valence-corrected chi connectivity index (χ4v) is 4.01. The molecule has 5 heteroatoms. The van der Waals surface area contributed by atoms with Crippen molar-refractivity contribution in [3.63, 3.8) is 0 Å². The number of ether oxygens (including phenoxy) is 1. The van der Waals surface area contributed by atoms with Crippen LogP contribution in [0.1, 0.15) is 44.2 Å². The molecule has 0 aliphatic carbocycles. The van der Waals surface area contributed by atoms with Gasteiger partial charge in [-0.2, -0.15) is 0 Å². The molecule has 3 aromatic carbocycles. The third kappa shape index (κ3) is 4.10. The van der Waals surface area contributed by atoms with Gasteiger partial charge in [-0.3, -0.25) is 9.59 Å². The highest BCUT2D eigenvalue weighted by molar-refractivity contribution is 6.30. The van der Waals surface area contributed by atoms with Crippen LogP contribution >= 0.6 is 11.6 Å². The summed E-state index contributed by atoms with van der Waals surface area (Å²) in [5.74, 6) is 0.809. The number of carbonyl (C=O) groups is 2. The molecule has 0 bridgehead atoms.